The summed E-state index contributed by atoms with van der Waals surface area (Å²) in [6.07, 6.45) is 9.84. The summed E-state index contributed by atoms with van der Waals surface area (Å²) in [5.74, 6) is -0.124. The molecule has 0 aliphatic heterocycles. The molecule has 1 unspecified atom stereocenters. The highest BCUT2D eigenvalue weighted by atomic mass is 16.1. The Morgan fingerprint density at radius 3 is 2.03 bits per heavy atom. The van der Waals surface area contributed by atoms with Crippen LogP contribution in [0.4, 0.5) is 17.1 Å². The number of anilines is 2. The molecule has 0 bridgehead atoms. The van der Waals surface area contributed by atoms with Gasteiger partial charge in [0.15, 0.2) is 11.6 Å². The summed E-state index contributed by atoms with van der Waals surface area (Å²) >= 11 is 0. The van der Waals surface area contributed by atoms with Gasteiger partial charge in [-0.2, -0.15) is 0 Å². The maximum Gasteiger partial charge on any atom is 0.196 e. The summed E-state index contributed by atoms with van der Waals surface area (Å²) < 4.78 is 0. The number of benzene rings is 3. The molecule has 0 spiro atoms. The third-order valence-electron chi connectivity index (χ3n) is 7.69. The van der Waals surface area contributed by atoms with Crippen molar-refractivity contribution in [3.05, 3.63) is 112 Å². The number of para-hydroxylation sites is 1. The van der Waals surface area contributed by atoms with Crippen LogP contribution in [0.5, 0.6) is 0 Å². The van der Waals surface area contributed by atoms with Gasteiger partial charge in [-0.25, -0.2) is 0 Å². The van der Waals surface area contributed by atoms with E-state index < -0.39 is 0 Å². The Morgan fingerprint density at radius 1 is 0.763 bits per heavy atom. The standard InChI is InChI=1S/C34H34N2O2/c1-5-21-13-11-14-22(6-2)31(21)35-27-19-20-28(36-32-23(7-3)15-12-16-24(32)8-4)30-29(27)33(37)25-17-9-10-18-26(25)34(30)38/h9-21,36H,5-8H2,1-4H3. The lowest BCUT2D eigenvalue weighted by molar-refractivity contribution is 0.0980. The number of aliphatic imine (C=N–C) groups is 1. The Bertz CT molecular complexity index is 1500. The van der Waals surface area contributed by atoms with Gasteiger partial charge in [0, 0.05) is 22.7 Å². The second-order valence-corrected chi connectivity index (χ2v) is 9.81. The lowest BCUT2D eigenvalue weighted by Crippen LogP contribution is -2.23. The van der Waals surface area contributed by atoms with Crippen LogP contribution < -0.4 is 5.32 Å². The lowest BCUT2D eigenvalue weighted by Gasteiger charge is -2.25. The summed E-state index contributed by atoms with van der Waals surface area (Å²) in [6, 6.07) is 17.2. The largest absolute Gasteiger partial charge is 0.354 e. The minimum Gasteiger partial charge on any atom is -0.354 e. The molecule has 1 atom stereocenters. The summed E-state index contributed by atoms with van der Waals surface area (Å²) in [4.78, 5) is 33.1. The molecule has 192 valence electrons. The number of rotatable bonds is 7. The molecule has 0 fully saturated rings. The predicted octanol–water partition coefficient (Wildman–Crippen LogP) is 8.34. The number of nitrogens with zero attached hydrogens (tertiary/aromatic N) is 1. The van der Waals surface area contributed by atoms with Crippen LogP contribution in [0, 0.1) is 5.92 Å². The fourth-order valence-electron chi connectivity index (χ4n) is 5.57. The number of hydrogen-bond donors (Lipinski definition) is 1. The zero-order chi connectivity index (χ0) is 26.8. The molecule has 0 heterocycles. The van der Waals surface area contributed by atoms with Crippen molar-refractivity contribution in [3.63, 3.8) is 0 Å². The van der Waals surface area contributed by atoms with Crippen molar-refractivity contribution in [1.82, 2.24) is 0 Å². The molecule has 4 heteroatoms. The maximum atomic E-state index is 14.0. The number of carbonyl (C=O) groups excluding carboxylic acids is 2. The zero-order valence-electron chi connectivity index (χ0n) is 22.6. The summed E-state index contributed by atoms with van der Waals surface area (Å²) in [7, 11) is 0. The number of allylic oxidation sites excluding steroid dienone is 4. The van der Waals surface area contributed by atoms with Gasteiger partial charge in [0.2, 0.25) is 0 Å². The second kappa shape index (κ2) is 10.7. The van der Waals surface area contributed by atoms with E-state index in [1.807, 2.05) is 24.3 Å². The van der Waals surface area contributed by atoms with Crippen LogP contribution in [0.25, 0.3) is 0 Å². The third kappa shape index (κ3) is 4.34. The Morgan fingerprint density at radius 2 is 1.42 bits per heavy atom. The molecule has 0 amide bonds. The number of fused-ring (bicyclic) bond motifs is 2. The van der Waals surface area contributed by atoms with E-state index in [0.717, 1.165) is 42.7 Å². The van der Waals surface area contributed by atoms with Crippen molar-refractivity contribution in [2.45, 2.75) is 53.4 Å². The molecular weight excluding hydrogens is 468 g/mol. The summed E-state index contributed by atoms with van der Waals surface area (Å²) in [5.41, 5.74) is 8.38. The Balaban J connectivity index is 1.74. The fourth-order valence-corrected chi connectivity index (χ4v) is 5.57. The van der Waals surface area contributed by atoms with E-state index in [-0.39, 0.29) is 17.5 Å². The van der Waals surface area contributed by atoms with Gasteiger partial charge < -0.3 is 5.32 Å². The first-order chi connectivity index (χ1) is 18.5. The zero-order valence-corrected chi connectivity index (χ0v) is 22.6. The van der Waals surface area contributed by atoms with Crippen molar-refractivity contribution in [2.75, 3.05) is 5.32 Å². The van der Waals surface area contributed by atoms with Gasteiger partial charge in [0.1, 0.15) is 0 Å². The molecular formula is C34H34N2O2. The van der Waals surface area contributed by atoms with Crippen molar-refractivity contribution < 1.29 is 9.59 Å². The van der Waals surface area contributed by atoms with E-state index in [1.165, 1.54) is 11.1 Å². The van der Waals surface area contributed by atoms with E-state index in [2.05, 4.69) is 69.4 Å². The second-order valence-electron chi connectivity index (χ2n) is 9.81. The van der Waals surface area contributed by atoms with E-state index in [9.17, 15) is 9.59 Å². The van der Waals surface area contributed by atoms with E-state index in [1.54, 1.807) is 12.1 Å². The Kier molecular flexibility index (Phi) is 7.24. The monoisotopic (exact) mass is 502 g/mol. The van der Waals surface area contributed by atoms with E-state index in [0.29, 0.717) is 33.6 Å². The van der Waals surface area contributed by atoms with Crippen LogP contribution in [0.1, 0.15) is 83.5 Å². The fraction of sp³-hybridized carbons (Fsp3) is 0.265. The molecule has 5 rings (SSSR count). The molecule has 0 radical (unpaired) electrons. The smallest absolute Gasteiger partial charge is 0.196 e. The SMILES string of the molecule is CCC1=CC=CC(CC)C1=Nc1ccc(Nc2c(CC)cccc2CC)c2c1C(=O)c1ccccc1C2=O. The van der Waals surface area contributed by atoms with Crippen molar-refractivity contribution in [3.8, 4) is 0 Å². The normalized spacial score (nSPS) is 17.3. The van der Waals surface area contributed by atoms with Crippen LogP contribution >= 0.6 is 0 Å². The molecule has 2 aliphatic carbocycles. The van der Waals surface area contributed by atoms with Gasteiger partial charge in [-0.15, -0.1) is 0 Å². The highest BCUT2D eigenvalue weighted by Gasteiger charge is 2.34. The average Bonchev–Trinajstić information content (AvgIpc) is 2.96. The first-order valence-corrected chi connectivity index (χ1v) is 13.7. The van der Waals surface area contributed by atoms with Crippen molar-refractivity contribution in [1.29, 1.82) is 0 Å². The molecule has 3 aromatic rings. The van der Waals surface area contributed by atoms with Crippen LogP contribution in [0.15, 0.2) is 83.4 Å². The molecule has 0 saturated heterocycles. The minimum absolute atomic E-state index is 0.145. The number of carbonyl (C=O) groups is 2. The van der Waals surface area contributed by atoms with Crippen LogP contribution in [0.2, 0.25) is 0 Å². The van der Waals surface area contributed by atoms with Gasteiger partial charge in [-0.1, -0.05) is 88.4 Å². The molecule has 4 nitrogen and oxygen atoms in total. The topological polar surface area (TPSA) is 58.5 Å². The quantitative estimate of drug-likeness (QED) is 0.276. The molecule has 3 aromatic carbocycles. The van der Waals surface area contributed by atoms with E-state index in [4.69, 9.17) is 4.99 Å². The molecule has 0 saturated carbocycles. The third-order valence-corrected chi connectivity index (χ3v) is 7.69. The maximum absolute atomic E-state index is 14.0. The highest BCUT2D eigenvalue weighted by Crippen LogP contribution is 2.40. The number of hydrogen-bond acceptors (Lipinski definition) is 4. The van der Waals surface area contributed by atoms with Crippen molar-refractivity contribution >= 4 is 34.3 Å². The minimum atomic E-state index is -0.154. The first-order valence-electron chi connectivity index (χ1n) is 13.7. The molecule has 0 aromatic heterocycles. The van der Waals surface area contributed by atoms with E-state index >= 15 is 0 Å². The number of ketones is 2. The van der Waals surface area contributed by atoms with Crippen molar-refractivity contribution in [2.24, 2.45) is 10.9 Å². The van der Waals surface area contributed by atoms with Crippen LogP contribution in [-0.4, -0.2) is 17.3 Å². The number of nitrogens with one attached hydrogen (secondary N) is 1. The van der Waals surface area contributed by atoms with Crippen LogP contribution in [0.3, 0.4) is 0 Å². The summed E-state index contributed by atoms with van der Waals surface area (Å²) in [5, 5.41) is 3.58. The van der Waals surface area contributed by atoms with Gasteiger partial charge >= 0.3 is 0 Å². The van der Waals surface area contributed by atoms with Gasteiger partial charge in [0.05, 0.1) is 28.2 Å². The molecule has 1 N–H and O–H groups in total. The van der Waals surface area contributed by atoms with Gasteiger partial charge in [0.25, 0.3) is 0 Å². The number of aryl methyl sites for hydroxylation is 2. The lowest BCUT2D eigenvalue weighted by atomic mass is 9.82. The van der Waals surface area contributed by atoms with Gasteiger partial charge in [-0.3, -0.25) is 14.6 Å². The average molecular weight is 503 g/mol. The summed E-state index contributed by atoms with van der Waals surface area (Å²) in [6.45, 7) is 8.52. The van der Waals surface area contributed by atoms with Gasteiger partial charge in [-0.05, 0) is 54.5 Å². The first kappa shape index (κ1) is 25.6. The Labute approximate surface area is 225 Å². The molecule has 38 heavy (non-hydrogen) atoms. The molecule has 2 aliphatic rings. The predicted molar refractivity (Wildman–Crippen MR) is 157 cm³/mol. The Hall–Kier alpha value is -4.05. The van der Waals surface area contributed by atoms with Crippen LogP contribution in [-0.2, 0) is 12.8 Å². The highest BCUT2D eigenvalue weighted by molar-refractivity contribution is 6.32.